The molecule has 0 bridgehead atoms. The van der Waals surface area contributed by atoms with Crippen molar-refractivity contribution in [2.24, 2.45) is 0 Å². The number of rotatable bonds is 2. The summed E-state index contributed by atoms with van der Waals surface area (Å²) >= 11 is 5.52. The Bertz CT molecular complexity index is 648. The van der Waals surface area contributed by atoms with Gasteiger partial charge < -0.3 is 10.5 Å². The fraction of sp³-hybridized carbons (Fsp3) is 0.0909. The maximum Gasteiger partial charge on any atom is 0.433 e. The molecule has 0 saturated carbocycles. The van der Waals surface area contributed by atoms with Crippen LogP contribution in [0, 0.1) is 5.82 Å². The second-order valence-electron chi connectivity index (χ2n) is 3.60. The highest BCUT2D eigenvalue weighted by molar-refractivity contribution is 6.30. The molecule has 106 valence electrons. The van der Waals surface area contributed by atoms with Crippen LogP contribution in [0.2, 0.25) is 5.02 Å². The van der Waals surface area contributed by atoms with E-state index in [1.54, 1.807) is 0 Å². The van der Waals surface area contributed by atoms with Crippen molar-refractivity contribution in [2.45, 2.75) is 6.18 Å². The lowest BCUT2D eigenvalue weighted by molar-refractivity contribution is -0.141. The summed E-state index contributed by atoms with van der Waals surface area (Å²) < 4.78 is 56.1. The third-order valence-electron chi connectivity index (χ3n) is 2.14. The van der Waals surface area contributed by atoms with Crippen LogP contribution in [0.3, 0.4) is 0 Å². The molecule has 0 unspecified atom stereocenters. The first-order valence-electron chi connectivity index (χ1n) is 5.11. The third-order valence-corrected chi connectivity index (χ3v) is 2.43. The molecule has 0 saturated heterocycles. The van der Waals surface area contributed by atoms with Crippen LogP contribution in [0.15, 0.2) is 24.3 Å². The summed E-state index contributed by atoms with van der Waals surface area (Å²) in [5.74, 6) is -2.47. The summed E-state index contributed by atoms with van der Waals surface area (Å²) in [6.45, 7) is 0. The van der Waals surface area contributed by atoms with Gasteiger partial charge in [-0.05, 0) is 12.1 Å². The molecule has 0 atom stereocenters. The minimum Gasteiger partial charge on any atom is -0.436 e. The molecule has 2 aromatic rings. The largest absolute Gasteiger partial charge is 0.436 e. The topological polar surface area (TPSA) is 61.0 Å². The second-order valence-corrected chi connectivity index (χ2v) is 4.01. The molecule has 0 fully saturated rings. The lowest BCUT2D eigenvalue weighted by atomic mass is 10.3. The van der Waals surface area contributed by atoms with Crippen molar-refractivity contribution in [3.8, 4) is 11.6 Å². The van der Waals surface area contributed by atoms with Crippen LogP contribution >= 0.6 is 11.6 Å². The molecule has 0 aliphatic rings. The Morgan fingerprint density at radius 1 is 1.20 bits per heavy atom. The van der Waals surface area contributed by atoms with E-state index in [-0.39, 0.29) is 10.8 Å². The molecule has 1 heterocycles. The first-order valence-corrected chi connectivity index (χ1v) is 5.49. The average Bonchev–Trinajstić information content (AvgIpc) is 2.33. The summed E-state index contributed by atoms with van der Waals surface area (Å²) in [7, 11) is 0. The maximum absolute atomic E-state index is 13.6. The Balaban J connectivity index is 2.39. The van der Waals surface area contributed by atoms with Gasteiger partial charge in [0.15, 0.2) is 17.3 Å². The van der Waals surface area contributed by atoms with E-state index in [2.05, 4.69) is 9.97 Å². The monoisotopic (exact) mass is 307 g/mol. The van der Waals surface area contributed by atoms with E-state index in [0.29, 0.717) is 6.07 Å². The van der Waals surface area contributed by atoms with Crippen molar-refractivity contribution >= 4 is 17.5 Å². The highest BCUT2D eigenvalue weighted by Gasteiger charge is 2.34. The van der Waals surface area contributed by atoms with Gasteiger partial charge in [0.2, 0.25) is 11.8 Å². The molecule has 20 heavy (non-hydrogen) atoms. The van der Waals surface area contributed by atoms with Crippen molar-refractivity contribution in [1.29, 1.82) is 0 Å². The third kappa shape index (κ3) is 3.08. The number of nitrogens with zero attached hydrogens (tertiary/aromatic N) is 2. The normalized spacial score (nSPS) is 11.4. The number of halogens is 5. The van der Waals surface area contributed by atoms with Gasteiger partial charge in [-0.2, -0.15) is 18.2 Å². The Labute approximate surface area is 115 Å². The highest BCUT2D eigenvalue weighted by Crippen LogP contribution is 2.32. The minimum absolute atomic E-state index is 0.236. The van der Waals surface area contributed by atoms with E-state index in [0.717, 1.165) is 0 Å². The van der Waals surface area contributed by atoms with Crippen LogP contribution in [-0.4, -0.2) is 9.97 Å². The number of hydrogen-bond donors (Lipinski definition) is 1. The van der Waals surface area contributed by atoms with Crippen molar-refractivity contribution < 1.29 is 22.3 Å². The van der Waals surface area contributed by atoms with Crippen LogP contribution in [0.4, 0.5) is 23.5 Å². The number of benzene rings is 1. The van der Waals surface area contributed by atoms with Gasteiger partial charge in [0.1, 0.15) is 0 Å². The molecule has 0 amide bonds. The van der Waals surface area contributed by atoms with E-state index in [1.807, 2.05) is 0 Å². The Morgan fingerprint density at radius 3 is 2.55 bits per heavy atom. The summed E-state index contributed by atoms with van der Waals surface area (Å²) in [4.78, 5) is 6.48. The molecule has 2 rings (SSSR count). The zero-order chi connectivity index (χ0) is 14.9. The Hall–Kier alpha value is -2.09. The maximum atomic E-state index is 13.6. The van der Waals surface area contributed by atoms with E-state index >= 15 is 0 Å². The smallest absolute Gasteiger partial charge is 0.433 e. The predicted molar refractivity (Wildman–Crippen MR) is 62.9 cm³/mol. The van der Waals surface area contributed by atoms with Crippen LogP contribution in [0.5, 0.6) is 11.6 Å². The standard InChI is InChI=1S/C11H6ClF4N3O/c12-5-2-1-3-6(9(5)13)20-8-4-7(11(14,15)16)18-10(17)19-8/h1-4H,(H2,17,18,19). The Morgan fingerprint density at radius 2 is 1.90 bits per heavy atom. The summed E-state index contributed by atoms with van der Waals surface area (Å²) in [5, 5.41) is -0.236. The highest BCUT2D eigenvalue weighted by atomic mass is 35.5. The van der Waals surface area contributed by atoms with Gasteiger partial charge in [-0.1, -0.05) is 17.7 Å². The van der Waals surface area contributed by atoms with E-state index in [1.165, 1.54) is 18.2 Å². The van der Waals surface area contributed by atoms with E-state index in [4.69, 9.17) is 22.1 Å². The summed E-state index contributed by atoms with van der Waals surface area (Å²) in [5.41, 5.74) is 3.87. The molecule has 0 radical (unpaired) electrons. The van der Waals surface area contributed by atoms with Crippen LogP contribution < -0.4 is 10.5 Å². The molecule has 0 aliphatic carbocycles. The SMILES string of the molecule is Nc1nc(Oc2cccc(Cl)c2F)cc(C(F)(F)F)n1. The number of ether oxygens (including phenoxy) is 1. The lowest BCUT2D eigenvalue weighted by Gasteiger charge is -2.10. The van der Waals surface area contributed by atoms with Crippen molar-refractivity contribution in [2.75, 3.05) is 5.73 Å². The van der Waals surface area contributed by atoms with Crippen LogP contribution in [0.25, 0.3) is 0 Å². The second kappa shape index (κ2) is 5.12. The zero-order valence-corrected chi connectivity index (χ0v) is 10.3. The number of nitrogens with two attached hydrogens (primary N) is 1. The minimum atomic E-state index is -4.72. The quantitative estimate of drug-likeness (QED) is 0.860. The molecular formula is C11H6ClF4N3O. The number of aromatic nitrogens is 2. The molecule has 4 nitrogen and oxygen atoms in total. The molecule has 1 aromatic heterocycles. The van der Waals surface area contributed by atoms with Crippen molar-refractivity contribution in [1.82, 2.24) is 9.97 Å². The number of nitrogen functional groups attached to an aromatic ring is 1. The zero-order valence-electron chi connectivity index (χ0n) is 9.58. The molecular weight excluding hydrogens is 302 g/mol. The lowest BCUT2D eigenvalue weighted by Crippen LogP contribution is -2.11. The van der Waals surface area contributed by atoms with Gasteiger partial charge in [-0.15, -0.1) is 0 Å². The molecule has 0 aliphatic heterocycles. The van der Waals surface area contributed by atoms with Gasteiger partial charge in [0.05, 0.1) is 5.02 Å². The Kier molecular flexibility index (Phi) is 3.67. The van der Waals surface area contributed by atoms with Gasteiger partial charge in [0, 0.05) is 6.07 Å². The van der Waals surface area contributed by atoms with Gasteiger partial charge >= 0.3 is 6.18 Å². The molecule has 1 aromatic carbocycles. The fourth-order valence-electron chi connectivity index (χ4n) is 1.32. The van der Waals surface area contributed by atoms with Gasteiger partial charge in [0.25, 0.3) is 0 Å². The fourth-order valence-corrected chi connectivity index (χ4v) is 1.48. The number of alkyl halides is 3. The number of hydrogen-bond acceptors (Lipinski definition) is 4. The van der Waals surface area contributed by atoms with Crippen LogP contribution in [0.1, 0.15) is 5.69 Å². The van der Waals surface area contributed by atoms with E-state index < -0.39 is 29.5 Å². The van der Waals surface area contributed by atoms with Crippen molar-refractivity contribution in [3.63, 3.8) is 0 Å². The molecule has 9 heteroatoms. The average molecular weight is 308 g/mol. The van der Waals surface area contributed by atoms with Gasteiger partial charge in [-0.3, -0.25) is 0 Å². The predicted octanol–water partition coefficient (Wildman–Crippen LogP) is 3.66. The molecule has 2 N–H and O–H groups in total. The number of anilines is 1. The van der Waals surface area contributed by atoms with Gasteiger partial charge in [-0.25, -0.2) is 9.37 Å². The summed E-state index contributed by atoms with van der Waals surface area (Å²) in [6.07, 6.45) is -4.72. The van der Waals surface area contributed by atoms with Crippen molar-refractivity contribution in [3.05, 3.63) is 40.8 Å². The van der Waals surface area contributed by atoms with E-state index in [9.17, 15) is 17.6 Å². The molecule has 0 spiro atoms. The first-order chi connectivity index (χ1) is 9.27. The first kappa shape index (κ1) is 14.3. The summed E-state index contributed by atoms with van der Waals surface area (Å²) in [6, 6.07) is 4.33. The van der Waals surface area contributed by atoms with Crippen LogP contribution in [-0.2, 0) is 6.18 Å².